The second kappa shape index (κ2) is 8.09. The number of pyridine rings is 1. The zero-order chi connectivity index (χ0) is 19.4. The Labute approximate surface area is 160 Å². The quantitative estimate of drug-likeness (QED) is 0.902. The lowest BCUT2D eigenvalue weighted by atomic mass is 9.98. The lowest BCUT2D eigenvalue weighted by Crippen LogP contribution is -2.50. The molecule has 0 bridgehead atoms. The molecule has 27 heavy (non-hydrogen) atoms. The molecule has 1 N–H and O–H groups in total. The van der Waals surface area contributed by atoms with Crippen molar-refractivity contribution in [3.8, 4) is 6.07 Å². The molecule has 1 aliphatic rings. The van der Waals surface area contributed by atoms with E-state index < -0.39 is 0 Å². The highest BCUT2D eigenvalue weighted by atomic mass is 16.2. The van der Waals surface area contributed by atoms with Gasteiger partial charge in [-0.25, -0.2) is 9.78 Å². The van der Waals surface area contributed by atoms with Crippen LogP contribution in [-0.2, 0) is 0 Å². The van der Waals surface area contributed by atoms with Gasteiger partial charge in [0.1, 0.15) is 11.9 Å². The van der Waals surface area contributed by atoms with Crippen LogP contribution in [0.25, 0.3) is 0 Å². The third kappa shape index (κ3) is 4.20. The molecule has 1 aromatic carbocycles. The topological polar surface area (TPSA) is 72.3 Å². The number of carbonyl (C=O) groups excluding carboxylic acids is 1. The number of hydrogen-bond acceptors (Lipinski definition) is 4. The second-order valence-electron chi connectivity index (χ2n) is 7.11. The summed E-state index contributed by atoms with van der Waals surface area (Å²) in [6, 6.07) is 11.8. The molecule has 0 saturated carbocycles. The first-order chi connectivity index (χ1) is 13.0. The summed E-state index contributed by atoms with van der Waals surface area (Å²) in [5.41, 5.74) is 3.71. The maximum atomic E-state index is 12.8. The van der Waals surface area contributed by atoms with Crippen molar-refractivity contribution in [3.63, 3.8) is 0 Å². The Morgan fingerprint density at radius 1 is 1.19 bits per heavy atom. The summed E-state index contributed by atoms with van der Waals surface area (Å²) < 4.78 is 0. The third-order valence-corrected chi connectivity index (χ3v) is 4.93. The molecule has 0 radical (unpaired) electrons. The van der Waals surface area contributed by atoms with Crippen LogP contribution in [0.3, 0.4) is 0 Å². The average molecular weight is 363 g/mol. The smallest absolute Gasteiger partial charge is 0.321 e. The van der Waals surface area contributed by atoms with Gasteiger partial charge in [-0.3, -0.25) is 0 Å². The van der Waals surface area contributed by atoms with E-state index in [1.54, 1.807) is 12.3 Å². The van der Waals surface area contributed by atoms with Crippen molar-refractivity contribution in [2.75, 3.05) is 36.4 Å². The van der Waals surface area contributed by atoms with Crippen LogP contribution >= 0.6 is 0 Å². The van der Waals surface area contributed by atoms with E-state index in [0.717, 1.165) is 35.7 Å². The SMILES string of the molecule is Cc1cccc(C(C)C)c1NC(=O)N1CCN(c2ccc(C#N)cn2)CC1. The van der Waals surface area contributed by atoms with Crippen LogP contribution < -0.4 is 10.2 Å². The average Bonchev–Trinajstić information content (AvgIpc) is 2.69. The molecule has 1 fully saturated rings. The highest BCUT2D eigenvalue weighted by Crippen LogP contribution is 2.27. The van der Waals surface area contributed by atoms with Crippen LogP contribution in [0.4, 0.5) is 16.3 Å². The Kier molecular flexibility index (Phi) is 5.60. The first-order valence-corrected chi connectivity index (χ1v) is 9.26. The van der Waals surface area contributed by atoms with Crippen molar-refractivity contribution in [2.24, 2.45) is 0 Å². The van der Waals surface area contributed by atoms with Crippen molar-refractivity contribution in [1.82, 2.24) is 9.88 Å². The molecule has 0 spiro atoms. The molecule has 1 aromatic heterocycles. The molecular weight excluding hydrogens is 338 g/mol. The number of carbonyl (C=O) groups is 1. The predicted molar refractivity (Wildman–Crippen MR) is 107 cm³/mol. The fourth-order valence-corrected chi connectivity index (χ4v) is 3.31. The molecule has 3 rings (SSSR count). The number of nitrogens with zero attached hydrogens (tertiary/aromatic N) is 4. The lowest BCUT2D eigenvalue weighted by Gasteiger charge is -2.35. The molecule has 0 aliphatic carbocycles. The standard InChI is InChI=1S/C21H25N5O/c1-15(2)18-6-4-5-16(3)20(18)24-21(27)26-11-9-25(10-12-26)19-8-7-17(13-22)14-23-19/h4-8,14-15H,9-12H2,1-3H3,(H,24,27). The van der Waals surface area contributed by atoms with Gasteiger partial charge in [0, 0.05) is 38.1 Å². The molecule has 6 nitrogen and oxygen atoms in total. The van der Waals surface area contributed by atoms with Crippen LogP contribution in [0.2, 0.25) is 0 Å². The minimum Gasteiger partial charge on any atom is -0.353 e. The second-order valence-corrected chi connectivity index (χ2v) is 7.11. The molecule has 2 heterocycles. The van der Waals surface area contributed by atoms with Crippen molar-refractivity contribution in [1.29, 1.82) is 5.26 Å². The van der Waals surface area contributed by atoms with E-state index in [-0.39, 0.29) is 6.03 Å². The number of piperazine rings is 1. The molecular formula is C21H25N5O. The van der Waals surface area contributed by atoms with Crippen molar-refractivity contribution in [3.05, 3.63) is 53.2 Å². The van der Waals surface area contributed by atoms with E-state index in [1.165, 1.54) is 0 Å². The fraction of sp³-hybridized carbons (Fsp3) is 0.381. The number of aromatic nitrogens is 1. The lowest BCUT2D eigenvalue weighted by molar-refractivity contribution is 0.208. The first-order valence-electron chi connectivity index (χ1n) is 9.26. The zero-order valence-corrected chi connectivity index (χ0v) is 16.1. The number of aryl methyl sites for hydroxylation is 1. The van der Waals surface area contributed by atoms with E-state index in [4.69, 9.17) is 5.26 Å². The number of urea groups is 1. The van der Waals surface area contributed by atoms with E-state index in [1.807, 2.05) is 30.0 Å². The van der Waals surface area contributed by atoms with E-state index >= 15 is 0 Å². The molecule has 1 aliphatic heterocycles. The number of hydrogen-bond donors (Lipinski definition) is 1. The van der Waals surface area contributed by atoms with Gasteiger partial charge < -0.3 is 15.1 Å². The Morgan fingerprint density at radius 2 is 1.93 bits per heavy atom. The minimum absolute atomic E-state index is 0.0568. The summed E-state index contributed by atoms with van der Waals surface area (Å²) in [6.45, 7) is 9.00. The molecule has 0 atom stereocenters. The monoisotopic (exact) mass is 363 g/mol. The molecule has 0 unspecified atom stereocenters. The number of nitrogens with one attached hydrogen (secondary N) is 1. The summed E-state index contributed by atoms with van der Waals surface area (Å²) in [5.74, 6) is 1.19. The fourth-order valence-electron chi connectivity index (χ4n) is 3.31. The van der Waals surface area contributed by atoms with Gasteiger partial charge in [0.15, 0.2) is 0 Å². The highest BCUT2D eigenvalue weighted by Gasteiger charge is 2.23. The maximum Gasteiger partial charge on any atom is 0.321 e. The van der Waals surface area contributed by atoms with E-state index in [9.17, 15) is 4.79 Å². The summed E-state index contributed by atoms with van der Waals surface area (Å²) in [7, 11) is 0. The van der Waals surface area contributed by atoms with Gasteiger partial charge in [0.2, 0.25) is 0 Å². The van der Waals surface area contributed by atoms with Gasteiger partial charge >= 0.3 is 6.03 Å². The van der Waals surface area contributed by atoms with Crippen molar-refractivity contribution < 1.29 is 4.79 Å². The summed E-state index contributed by atoms with van der Waals surface area (Å²) in [6.07, 6.45) is 1.58. The van der Waals surface area contributed by atoms with Crippen LogP contribution in [0.15, 0.2) is 36.5 Å². The Morgan fingerprint density at radius 3 is 2.52 bits per heavy atom. The molecule has 2 amide bonds. The van der Waals surface area contributed by atoms with Gasteiger partial charge in [0.05, 0.1) is 5.56 Å². The number of rotatable bonds is 3. The normalized spacial score (nSPS) is 14.2. The van der Waals surface area contributed by atoms with Crippen LogP contribution in [0, 0.1) is 18.3 Å². The number of amides is 2. The van der Waals surface area contributed by atoms with E-state index in [2.05, 4.69) is 41.2 Å². The molecule has 2 aromatic rings. The summed E-state index contributed by atoms with van der Waals surface area (Å²) in [4.78, 5) is 21.1. The first kappa shape index (κ1) is 18.7. The third-order valence-electron chi connectivity index (χ3n) is 4.93. The molecule has 140 valence electrons. The van der Waals surface area contributed by atoms with Crippen molar-refractivity contribution >= 4 is 17.5 Å². The Hall–Kier alpha value is -3.07. The minimum atomic E-state index is -0.0568. The molecule has 1 saturated heterocycles. The Balaban J connectivity index is 1.63. The van der Waals surface area contributed by atoms with Gasteiger partial charge in [0.25, 0.3) is 0 Å². The van der Waals surface area contributed by atoms with E-state index in [0.29, 0.717) is 24.6 Å². The van der Waals surface area contributed by atoms with Crippen LogP contribution in [0.1, 0.15) is 36.5 Å². The number of nitriles is 1. The van der Waals surface area contributed by atoms with Crippen LogP contribution in [-0.4, -0.2) is 42.1 Å². The largest absolute Gasteiger partial charge is 0.353 e. The summed E-state index contributed by atoms with van der Waals surface area (Å²) >= 11 is 0. The highest BCUT2D eigenvalue weighted by molar-refractivity contribution is 5.91. The van der Waals surface area contributed by atoms with Gasteiger partial charge in [-0.2, -0.15) is 5.26 Å². The maximum absolute atomic E-state index is 12.8. The number of anilines is 2. The van der Waals surface area contributed by atoms with Gasteiger partial charge in [-0.05, 0) is 36.1 Å². The van der Waals surface area contributed by atoms with Gasteiger partial charge in [-0.1, -0.05) is 32.0 Å². The Bertz CT molecular complexity index is 846. The van der Waals surface area contributed by atoms with Crippen LogP contribution in [0.5, 0.6) is 0 Å². The predicted octanol–water partition coefficient (Wildman–Crippen LogP) is 3.74. The zero-order valence-electron chi connectivity index (χ0n) is 16.1. The number of para-hydroxylation sites is 1. The van der Waals surface area contributed by atoms with Crippen molar-refractivity contribution in [2.45, 2.75) is 26.7 Å². The van der Waals surface area contributed by atoms with Gasteiger partial charge in [-0.15, -0.1) is 0 Å². The number of benzene rings is 1. The molecule has 6 heteroatoms. The summed E-state index contributed by atoms with van der Waals surface area (Å²) in [5, 5.41) is 12.0.